The average Bonchev–Trinajstić information content (AvgIpc) is 3.10. The number of hydrogen-bond donors (Lipinski definition) is 1. The quantitative estimate of drug-likeness (QED) is 0.524. The second-order valence-corrected chi connectivity index (χ2v) is 6.16. The molecule has 0 spiro atoms. The third kappa shape index (κ3) is 3.53. The minimum absolute atomic E-state index is 0.139. The van der Waals surface area contributed by atoms with Gasteiger partial charge >= 0.3 is 5.97 Å². The van der Waals surface area contributed by atoms with Crippen molar-refractivity contribution in [3.8, 4) is 5.75 Å². The highest BCUT2D eigenvalue weighted by Crippen LogP contribution is 2.31. The summed E-state index contributed by atoms with van der Waals surface area (Å²) in [6, 6.07) is 19.7. The molecule has 1 amide bonds. The van der Waals surface area contributed by atoms with Gasteiger partial charge in [-0.2, -0.15) is 0 Å². The van der Waals surface area contributed by atoms with Crippen LogP contribution in [0.25, 0.3) is 21.9 Å². The number of esters is 1. The summed E-state index contributed by atoms with van der Waals surface area (Å²) in [5, 5.41) is 4.66. The number of fused-ring (bicyclic) bond motifs is 3. The maximum atomic E-state index is 12.1. The number of carbonyl (C=O) groups excluding carboxylic acids is 2. The summed E-state index contributed by atoms with van der Waals surface area (Å²) in [6.07, 6.45) is 0. The van der Waals surface area contributed by atoms with Crippen LogP contribution in [0.15, 0.2) is 71.1 Å². The molecule has 0 radical (unpaired) electrons. The highest BCUT2D eigenvalue weighted by molar-refractivity contribution is 6.05. The van der Waals surface area contributed by atoms with Gasteiger partial charge in [0.25, 0.3) is 5.91 Å². The molecule has 0 unspecified atom stereocenters. The molecule has 0 fully saturated rings. The van der Waals surface area contributed by atoms with Crippen molar-refractivity contribution in [1.29, 1.82) is 0 Å². The first-order valence-corrected chi connectivity index (χ1v) is 8.66. The highest BCUT2D eigenvalue weighted by atomic mass is 16.5. The molecular formula is C22H17NO5. The molecule has 0 saturated carbocycles. The molecule has 140 valence electrons. The van der Waals surface area contributed by atoms with Crippen LogP contribution in [0.5, 0.6) is 5.75 Å². The predicted molar refractivity (Wildman–Crippen MR) is 106 cm³/mol. The molecule has 0 saturated heterocycles. The minimum Gasteiger partial charge on any atom is -0.484 e. The standard InChI is InChI=1S/C22H17NO5/c1-26-22(25)14-6-8-15(9-7-14)23-21(24)13-27-16-10-11-20-18(12-16)17-4-2-3-5-19(17)28-20/h2-12H,13H2,1H3,(H,23,24). The summed E-state index contributed by atoms with van der Waals surface area (Å²) in [5.41, 5.74) is 2.56. The molecule has 3 aromatic carbocycles. The van der Waals surface area contributed by atoms with Crippen LogP contribution in [-0.4, -0.2) is 25.6 Å². The second kappa shape index (κ2) is 7.44. The van der Waals surface area contributed by atoms with E-state index in [2.05, 4.69) is 10.1 Å². The van der Waals surface area contributed by atoms with E-state index in [1.807, 2.05) is 36.4 Å². The zero-order chi connectivity index (χ0) is 19.5. The van der Waals surface area contributed by atoms with Crippen molar-refractivity contribution < 1.29 is 23.5 Å². The maximum Gasteiger partial charge on any atom is 0.337 e. The van der Waals surface area contributed by atoms with Gasteiger partial charge in [0.2, 0.25) is 0 Å². The summed E-state index contributed by atoms with van der Waals surface area (Å²) in [6.45, 7) is -0.139. The van der Waals surface area contributed by atoms with Crippen molar-refractivity contribution in [1.82, 2.24) is 0 Å². The zero-order valence-electron chi connectivity index (χ0n) is 15.1. The summed E-state index contributed by atoms with van der Waals surface area (Å²) in [4.78, 5) is 23.6. The Kier molecular flexibility index (Phi) is 4.68. The Bertz CT molecular complexity index is 1160. The van der Waals surface area contributed by atoms with Gasteiger partial charge in [-0.25, -0.2) is 4.79 Å². The van der Waals surface area contributed by atoms with Crippen LogP contribution in [0.3, 0.4) is 0 Å². The first-order valence-electron chi connectivity index (χ1n) is 8.66. The molecule has 0 aliphatic rings. The lowest BCUT2D eigenvalue weighted by molar-refractivity contribution is -0.118. The van der Waals surface area contributed by atoms with E-state index in [1.54, 1.807) is 30.3 Å². The number of hydrogen-bond acceptors (Lipinski definition) is 5. The minimum atomic E-state index is -0.427. The summed E-state index contributed by atoms with van der Waals surface area (Å²) in [5.74, 6) is -0.151. The van der Waals surface area contributed by atoms with Crippen LogP contribution < -0.4 is 10.1 Å². The lowest BCUT2D eigenvalue weighted by Gasteiger charge is -2.08. The SMILES string of the molecule is COC(=O)c1ccc(NC(=O)COc2ccc3oc4ccccc4c3c2)cc1. The van der Waals surface area contributed by atoms with Gasteiger partial charge in [-0.1, -0.05) is 18.2 Å². The fourth-order valence-corrected chi connectivity index (χ4v) is 2.95. The van der Waals surface area contributed by atoms with Crippen molar-refractivity contribution in [2.24, 2.45) is 0 Å². The fraction of sp³-hybridized carbons (Fsp3) is 0.0909. The lowest BCUT2D eigenvalue weighted by Crippen LogP contribution is -2.20. The predicted octanol–water partition coefficient (Wildman–Crippen LogP) is 4.39. The smallest absolute Gasteiger partial charge is 0.337 e. The van der Waals surface area contributed by atoms with Gasteiger partial charge in [-0.3, -0.25) is 4.79 Å². The topological polar surface area (TPSA) is 77.8 Å². The van der Waals surface area contributed by atoms with Crippen LogP contribution in [0.4, 0.5) is 5.69 Å². The summed E-state index contributed by atoms with van der Waals surface area (Å²) < 4.78 is 16.0. The number of carbonyl (C=O) groups is 2. The van der Waals surface area contributed by atoms with Gasteiger partial charge in [0.1, 0.15) is 16.9 Å². The fourth-order valence-electron chi connectivity index (χ4n) is 2.95. The molecule has 0 atom stereocenters. The van der Waals surface area contributed by atoms with Gasteiger partial charge in [-0.15, -0.1) is 0 Å². The Labute approximate surface area is 160 Å². The van der Waals surface area contributed by atoms with Crippen LogP contribution >= 0.6 is 0 Å². The van der Waals surface area contributed by atoms with Crippen LogP contribution in [-0.2, 0) is 9.53 Å². The largest absolute Gasteiger partial charge is 0.484 e. The van der Waals surface area contributed by atoms with E-state index in [1.165, 1.54) is 7.11 Å². The normalized spacial score (nSPS) is 10.8. The number of amides is 1. The average molecular weight is 375 g/mol. The molecule has 28 heavy (non-hydrogen) atoms. The van der Waals surface area contributed by atoms with Crippen molar-refractivity contribution in [2.75, 3.05) is 19.0 Å². The Hall–Kier alpha value is -3.80. The Morgan fingerprint density at radius 2 is 1.68 bits per heavy atom. The maximum absolute atomic E-state index is 12.1. The summed E-state index contributed by atoms with van der Waals surface area (Å²) in [7, 11) is 1.32. The van der Waals surface area contributed by atoms with Crippen molar-refractivity contribution in [3.05, 3.63) is 72.3 Å². The molecule has 0 aliphatic carbocycles. The number of para-hydroxylation sites is 1. The van der Waals surface area contributed by atoms with E-state index in [0.717, 1.165) is 21.9 Å². The molecule has 0 aliphatic heterocycles. The number of furan rings is 1. The van der Waals surface area contributed by atoms with Gasteiger partial charge < -0.3 is 19.2 Å². The van der Waals surface area contributed by atoms with E-state index >= 15 is 0 Å². The van der Waals surface area contributed by atoms with Crippen molar-refractivity contribution in [2.45, 2.75) is 0 Å². The number of rotatable bonds is 5. The van der Waals surface area contributed by atoms with E-state index in [-0.39, 0.29) is 12.5 Å². The van der Waals surface area contributed by atoms with Gasteiger partial charge in [0.05, 0.1) is 12.7 Å². The van der Waals surface area contributed by atoms with Gasteiger partial charge in [0.15, 0.2) is 6.61 Å². The van der Waals surface area contributed by atoms with Crippen molar-refractivity contribution >= 4 is 39.5 Å². The monoisotopic (exact) mass is 375 g/mol. The molecule has 4 rings (SSSR count). The molecule has 1 heterocycles. The van der Waals surface area contributed by atoms with Gasteiger partial charge in [-0.05, 0) is 48.5 Å². The number of nitrogens with one attached hydrogen (secondary N) is 1. The van der Waals surface area contributed by atoms with Crippen molar-refractivity contribution in [3.63, 3.8) is 0 Å². The highest BCUT2D eigenvalue weighted by Gasteiger charge is 2.10. The number of methoxy groups -OCH3 is 1. The Morgan fingerprint density at radius 3 is 2.46 bits per heavy atom. The van der Waals surface area contributed by atoms with E-state index in [9.17, 15) is 9.59 Å². The van der Waals surface area contributed by atoms with Crippen LogP contribution in [0, 0.1) is 0 Å². The third-order valence-electron chi connectivity index (χ3n) is 4.31. The Balaban J connectivity index is 1.41. The first-order chi connectivity index (χ1) is 13.6. The first kappa shape index (κ1) is 17.6. The molecule has 1 N–H and O–H groups in total. The molecule has 4 aromatic rings. The number of ether oxygens (including phenoxy) is 2. The zero-order valence-corrected chi connectivity index (χ0v) is 15.1. The molecular weight excluding hydrogens is 358 g/mol. The van der Waals surface area contributed by atoms with Crippen LogP contribution in [0.1, 0.15) is 10.4 Å². The molecule has 6 heteroatoms. The lowest BCUT2D eigenvalue weighted by atomic mass is 10.1. The molecule has 6 nitrogen and oxygen atoms in total. The van der Waals surface area contributed by atoms with Gasteiger partial charge in [0, 0.05) is 16.5 Å². The number of anilines is 1. The molecule has 1 aromatic heterocycles. The third-order valence-corrected chi connectivity index (χ3v) is 4.31. The molecule has 0 bridgehead atoms. The van der Waals surface area contributed by atoms with E-state index in [0.29, 0.717) is 17.0 Å². The summed E-state index contributed by atoms with van der Waals surface area (Å²) >= 11 is 0. The van der Waals surface area contributed by atoms with Crippen LogP contribution in [0.2, 0.25) is 0 Å². The number of benzene rings is 3. The Morgan fingerprint density at radius 1 is 0.929 bits per heavy atom. The van der Waals surface area contributed by atoms with E-state index < -0.39 is 5.97 Å². The van der Waals surface area contributed by atoms with E-state index in [4.69, 9.17) is 9.15 Å². The second-order valence-electron chi connectivity index (χ2n) is 6.16.